The van der Waals surface area contributed by atoms with Crippen LogP contribution in [0.2, 0.25) is 5.02 Å². The van der Waals surface area contributed by atoms with Crippen LogP contribution in [0.25, 0.3) is 11.1 Å². The van der Waals surface area contributed by atoms with Gasteiger partial charge in [-0.1, -0.05) is 78.3 Å². The summed E-state index contributed by atoms with van der Waals surface area (Å²) in [4.78, 5) is 25.0. The van der Waals surface area contributed by atoms with Gasteiger partial charge in [0.2, 0.25) is 10.0 Å². The molecule has 0 bridgehead atoms. The average Bonchev–Trinajstić information content (AvgIpc) is 3.73. The van der Waals surface area contributed by atoms with Crippen LogP contribution in [0.1, 0.15) is 33.8 Å². The van der Waals surface area contributed by atoms with Gasteiger partial charge in [0.05, 0.1) is 17.6 Å². The standard InChI is InChI=1S/C31H26ClNO6S/c1-39-29(34)25-9-5-6-21(18-25)20-33(31(30(35)36)19-28(31)24-7-3-2-4-8-24)40(37,38)27-16-12-23(13-17-27)22-10-14-26(32)15-11-22/h2-18,28H,19-20H2,1H3,(H,35,36). The summed E-state index contributed by atoms with van der Waals surface area (Å²) in [6.07, 6.45) is 0.116. The molecule has 40 heavy (non-hydrogen) atoms. The number of methoxy groups -OCH3 is 1. The second-order valence-electron chi connectivity index (χ2n) is 9.63. The Kier molecular flexibility index (Phi) is 7.51. The Morgan fingerprint density at radius 3 is 2.15 bits per heavy atom. The molecule has 4 aromatic carbocycles. The van der Waals surface area contributed by atoms with Crippen LogP contribution in [-0.2, 0) is 26.1 Å². The minimum absolute atomic E-state index is 0.0336. The number of carbonyl (C=O) groups excluding carboxylic acids is 1. The van der Waals surface area contributed by atoms with Gasteiger partial charge in [-0.05, 0) is 65.1 Å². The first-order chi connectivity index (χ1) is 19.2. The average molecular weight is 576 g/mol. The second kappa shape index (κ2) is 10.9. The van der Waals surface area contributed by atoms with E-state index in [1.807, 2.05) is 18.2 Å². The number of hydrogen-bond acceptors (Lipinski definition) is 5. The van der Waals surface area contributed by atoms with Crippen molar-refractivity contribution in [3.8, 4) is 11.1 Å². The molecule has 204 valence electrons. The lowest BCUT2D eigenvalue weighted by atomic mass is 10.1. The van der Waals surface area contributed by atoms with Gasteiger partial charge < -0.3 is 9.84 Å². The maximum absolute atomic E-state index is 14.2. The molecule has 0 aliphatic heterocycles. The van der Waals surface area contributed by atoms with E-state index in [0.717, 1.165) is 21.0 Å². The molecule has 1 fully saturated rings. The molecule has 0 amide bonds. The van der Waals surface area contributed by atoms with Crippen LogP contribution < -0.4 is 0 Å². The summed E-state index contributed by atoms with van der Waals surface area (Å²) >= 11 is 5.99. The highest BCUT2D eigenvalue weighted by Crippen LogP contribution is 2.57. The monoisotopic (exact) mass is 575 g/mol. The Balaban J connectivity index is 1.58. The maximum atomic E-state index is 14.2. The van der Waals surface area contributed by atoms with Crippen molar-refractivity contribution in [2.75, 3.05) is 7.11 Å². The Labute approximate surface area is 237 Å². The summed E-state index contributed by atoms with van der Waals surface area (Å²) in [6.45, 7) is -0.248. The number of carboxylic acids is 1. The zero-order valence-corrected chi connectivity index (χ0v) is 23.1. The summed E-state index contributed by atoms with van der Waals surface area (Å²) in [5.41, 5.74) is 1.39. The van der Waals surface area contributed by atoms with Crippen LogP contribution in [-0.4, -0.2) is 42.4 Å². The van der Waals surface area contributed by atoms with Crippen molar-refractivity contribution in [2.45, 2.75) is 29.3 Å². The molecule has 9 heteroatoms. The minimum atomic E-state index is -4.31. The van der Waals surface area contributed by atoms with E-state index in [9.17, 15) is 23.1 Å². The van der Waals surface area contributed by atoms with Crippen molar-refractivity contribution in [1.82, 2.24) is 4.31 Å². The Morgan fingerprint density at radius 2 is 1.55 bits per heavy atom. The molecule has 1 aliphatic carbocycles. The highest BCUT2D eigenvalue weighted by atomic mass is 35.5. The van der Waals surface area contributed by atoms with Crippen LogP contribution >= 0.6 is 11.6 Å². The van der Waals surface area contributed by atoms with Crippen LogP contribution in [0.15, 0.2) is 108 Å². The fourth-order valence-electron chi connectivity index (χ4n) is 5.06. The summed E-state index contributed by atoms with van der Waals surface area (Å²) in [5.74, 6) is -2.35. The normalized spacial score (nSPS) is 18.3. The number of benzene rings is 4. The molecule has 0 radical (unpaired) electrons. The molecular formula is C31H26ClNO6S. The molecular weight excluding hydrogens is 550 g/mol. The lowest BCUT2D eigenvalue weighted by molar-refractivity contribution is -0.143. The Bertz CT molecular complexity index is 1660. The molecule has 0 saturated heterocycles. The molecule has 5 rings (SSSR count). The van der Waals surface area contributed by atoms with E-state index < -0.39 is 33.4 Å². The summed E-state index contributed by atoms with van der Waals surface area (Å²) in [7, 11) is -3.05. The van der Waals surface area contributed by atoms with E-state index in [1.54, 1.807) is 66.7 Å². The van der Waals surface area contributed by atoms with Gasteiger partial charge in [-0.15, -0.1) is 0 Å². The van der Waals surface area contributed by atoms with Crippen molar-refractivity contribution < 1.29 is 27.9 Å². The number of esters is 1. The second-order valence-corrected chi connectivity index (χ2v) is 11.9. The fourth-order valence-corrected chi connectivity index (χ4v) is 6.95. The number of aliphatic carboxylic acids is 1. The van der Waals surface area contributed by atoms with Crippen molar-refractivity contribution >= 4 is 33.6 Å². The molecule has 1 saturated carbocycles. The zero-order valence-electron chi connectivity index (χ0n) is 21.5. The third kappa shape index (κ3) is 5.13. The van der Waals surface area contributed by atoms with E-state index >= 15 is 0 Å². The molecule has 0 spiro atoms. The largest absolute Gasteiger partial charge is 0.480 e. The van der Waals surface area contributed by atoms with Gasteiger partial charge in [-0.3, -0.25) is 4.79 Å². The molecule has 7 nitrogen and oxygen atoms in total. The van der Waals surface area contributed by atoms with E-state index in [4.69, 9.17) is 16.3 Å². The van der Waals surface area contributed by atoms with Crippen molar-refractivity contribution in [2.24, 2.45) is 0 Å². The predicted octanol–water partition coefficient (Wildman–Crippen LogP) is 6.00. The van der Waals surface area contributed by atoms with Crippen molar-refractivity contribution in [3.63, 3.8) is 0 Å². The third-order valence-corrected chi connectivity index (χ3v) is 9.40. The van der Waals surface area contributed by atoms with Crippen LogP contribution in [0.3, 0.4) is 0 Å². The van der Waals surface area contributed by atoms with Crippen molar-refractivity contribution in [3.05, 3.63) is 125 Å². The molecule has 1 N–H and O–H groups in total. The third-order valence-electron chi connectivity index (χ3n) is 7.24. The highest BCUT2D eigenvalue weighted by molar-refractivity contribution is 7.89. The fraction of sp³-hybridized carbons (Fsp3) is 0.161. The number of carboxylic acid groups (broad SMARTS) is 1. The van der Waals surface area contributed by atoms with Gasteiger partial charge in [0.25, 0.3) is 0 Å². The number of halogens is 1. The number of nitrogens with zero attached hydrogens (tertiary/aromatic N) is 1. The molecule has 0 heterocycles. The van der Waals surface area contributed by atoms with E-state index in [0.29, 0.717) is 10.6 Å². The van der Waals surface area contributed by atoms with Gasteiger partial charge in [-0.25, -0.2) is 13.2 Å². The minimum Gasteiger partial charge on any atom is -0.480 e. The predicted molar refractivity (Wildman–Crippen MR) is 152 cm³/mol. The molecule has 0 aromatic heterocycles. The first kappa shape index (κ1) is 27.6. The Hall–Kier alpha value is -3.98. The molecule has 4 aromatic rings. The Morgan fingerprint density at radius 1 is 0.925 bits per heavy atom. The number of sulfonamides is 1. The zero-order chi connectivity index (χ0) is 28.5. The highest BCUT2D eigenvalue weighted by Gasteiger charge is 2.67. The van der Waals surface area contributed by atoms with E-state index in [-0.39, 0.29) is 23.4 Å². The van der Waals surface area contributed by atoms with Gasteiger partial charge in [0, 0.05) is 17.5 Å². The van der Waals surface area contributed by atoms with Gasteiger partial charge in [0.1, 0.15) is 5.54 Å². The SMILES string of the molecule is COC(=O)c1cccc(CN(C2(C(=O)O)CC2c2ccccc2)S(=O)(=O)c2ccc(-c3ccc(Cl)cc3)cc2)c1. The van der Waals surface area contributed by atoms with E-state index in [1.165, 1.54) is 25.3 Å². The van der Waals surface area contributed by atoms with Gasteiger partial charge in [0.15, 0.2) is 0 Å². The number of rotatable bonds is 9. The summed E-state index contributed by atoms with van der Waals surface area (Å²) in [6, 6.07) is 28.9. The smallest absolute Gasteiger partial charge is 0.337 e. The molecule has 2 atom stereocenters. The van der Waals surface area contributed by atoms with Crippen LogP contribution in [0, 0.1) is 0 Å². The molecule has 1 aliphatic rings. The van der Waals surface area contributed by atoms with Crippen LogP contribution in [0.4, 0.5) is 0 Å². The first-order valence-corrected chi connectivity index (χ1v) is 14.3. The van der Waals surface area contributed by atoms with Gasteiger partial charge in [-0.2, -0.15) is 4.31 Å². The lowest BCUT2D eigenvalue weighted by Gasteiger charge is -2.30. The van der Waals surface area contributed by atoms with Crippen LogP contribution in [0.5, 0.6) is 0 Å². The first-order valence-electron chi connectivity index (χ1n) is 12.5. The molecule has 2 unspecified atom stereocenters. The number of hydrogen-bond donors (Lipinski definition) is 1. The quantitative estimate of drug-likeness (QED) is 0.246. The number of ether oxygens (including phenoxy) is 1. The van der Waals surface area contributed by atoms with Crippen molar-refractivity contribution in [1.29, 1.82) is 0 Å². The summed E-state index contributed by atoms with van der Waals surface area (Å²) < 4.78 is 34.3. The van der Waals surface area contributed by atoms with Gasteiger partial charge >= 0.3 is 11.9 Å². The maximum Gasteiger partial charge on any atom is 0.337 e. The number of carbonyl (C=O) groups is 2. The lowest BCUT2D eigenvalue weighted by Crippen LogP contribution is -2.48. The topological polar surface area (TPSA) is 101 Å². The van der Waals surface area contributed by atoms with E-state index in [2.05, 4.69) is 0 Å². The summed E-state index contributed by atoms with van der Waals surface area (Å²) in [5, 5.41) is 11.1.